The van der Waals surface area contributed by atoms with Crippen molar-refractivity contribution in [2.24, 2.45) is 17.6 Å². The quantitative estimate of drug-likeness (QED) is 0.0806. The summed E-state index contributed by atoms with van der Waals surface area (Å²) in [5, 5.41) is 29.0. The zero-order valence-corrected chi connectivity index (χ0v) is 30.3. The summed E-state index contributed by atoms with van der Waals surface area (Å²) >= 11 is 0. The van der Waals surface area contributed by atoms with Gasteiger partial charge in [-0.25, -0.2) is 4.79 Å². The molecule has 2 heterocycles. The van der Waals surface area contributed by atoms with Crippen LogP contribution in [0.15, 0.2) is 18.2 Å². The number of aliphatic hydroxyl groups is 1. The number of esters is 2. The Balaban J connectivity index is 1.57. The van der Waals surface area contributed by atoms with Crippen LogP contribution in [0.5, 0.6) is 5.75 Å². The number of phenolic OH excluding ortho intramolecular Hbond substituents is 1. The van der Waals surface area contributed by atoms with E-state index in [0.717, 1.165) is 31.6 Å². The van der Waals surface area contributed by atoms with E-state index in [9.17, 15) is 39.0 Å². The van der Waals surface area contributed by atoms with Crippen LogP contribution in [0.2, 0.25) is 0 Å². The lowest BCUT2D eigenvalue weighted by molar-refractivity contribution is -0.151. The monoisotopic (exact) mass is 716 g/mol. The Kier molecular flexibility index (Phi) is 16.2. The lowest BCUT2D eigenvalue weighted by atomic mass is 9.90. The lowest BCUT2D eigenvalue weighted by Gasteiger charge is -2.34. The Hall–Kier alpha value is -4.20. The number of ether oxygens (including phenoxy) is 2. The summed E-state index contributed by atoms with van der Waals surface area (Å²) in [5.74, 6) is -3.96. The van der Waals surface area contributed by atoms with Crippen LogP contribution in [-0.4, -0.2) is 82.2 Å². The summed E-state index contributed by atoms with van der Waals surface area (Å²) in [4.78, 5) is 76.2. The van der Waals surface area contributed by atoms with Crippen molar-refractivity contribution in [3.63, 3.8) is 0 Å². The molecule has 1 saturated heterocycles. The maximum absolute atomic E-state index is 13.4. The number of unbranched alkanes of at least 4 members (excludes halogenated alkanes) is 5. The van der Waals surface area contributed by atoms with E-state index in [1.165, 1.54) is 25.3 Å². The van der Waals surface area contributed by atoms with Crippen molar-refractivity contribution in [3.05, 3.63) is 29.3 Å². The van der Waals surface area contributed by atoms with Gasteiger partial charge in [0.05, 0.1) is 24.9 Å². The van der Waals surface area contributed by atoms with E-state index in [4.69, 9.17) is 15.2 Å². The predicted octanol–water partition coefficient (Wildman–Crippen LogP) is 2.69. The number of aliphatic hydroxyl groups excluding tert-OH is 1. The molecule has 14 nitrogen and oxygen atoms in total. The molecule has 14 heteroatoms. The molecule has 284 valence electrons. The molecule has 0 aromatic heterocycles. The van der Waals surface area contributed by atoms with Gasteiger partial charge in [0.25, 0.3) is 5.91 Å². The number of hydrogen-bond acceptors (Lipinski definition) is 10. The van der Waals surface area contributed by atoms with Gasteiger partial charge in [0.1, 0.15) is 23.5 Å². The van der Waals surface area contributed by atoms with Gasteiger partial charge in [0, 0.05) is 12.8 Å². The summed E-state index contributed by atoms with van der Waals surface area (Å²) in [6.45, 7) is 8.26. The van der Waals surface area contributed by atoms with Crippen LogP contribution in [0.3, 0.4) is 0 Å². The number of carbonyl (C=O) groups is 6. The molecule has 1 fully saturated rings. The standard InChI is InChI=1S/C37H56N4O10/c1-5-22(4)13-10-8-6-7-9-11-16-30(44)39-26(19-29(38)43)35(47)41-25-20-31(45)51-34(25)33(46)36(48)40-24(17-21(2)3)28-18-23-14-12-15-27(42)32(23)37(49)50-28/h12,14-15,21-22,24-26,28,33-34,42,46H,5-11,13,16-20H2,1-4H3,(H2,38,43)(H,39,44)(H,40,48)(H,41,47)/t22-,24+,25+,26+,28+,33+,34+/m1/s1. The van der Waals surface area contributed by atoms with Crippen molar-refractivity contribution in [1.29, 1.82) is 0 Å². The molecule has 0 bridgehead atoms. The van der Waals surface area contributed by atoms with Gasteiger partial charge in [-0.05, 0) is 36.3 Å². The first-order chi connectivity index (χ1) is 24.2. The smallest absolute Gasteiger partial charge is 0.342 e. The summed E-state index contributed by atoms with van der Waals surface area (Å²) < 4.78 is 10.8. The number of aromatic hydroxyl groups is 1. The van der Waals surface area contributed by atoms with Crippen molar-refractivity contribution >= 4 is 35.6 Å². The molecule has 2 aliphatic heterocycles. The average molecular weight is 717 g/mol. The topological polar surface area (TPSA) is 223 Å². The average Bonchev–Trinajstić information content (AvgIpc) is 3.43. The van der Waals surface area contributed by atoms with Crippen LogP contribution in [-0.2, 0) is 39.9 Å². The molecule has 0 aliphatic carbocycles. The molecule has 7 atom stereocenters. The first-order valence-electron chi connectivity index (χ1n) is 18.3. The Labute approximate surface area is 300 Å². The van der Waals surface area contributed by atoms with Crippen molar-refractivity contribution in [1.82, 2.24) is 16.0 Å². The van der Waals surface area contributed by atoms with Crippen LogP contribution in [0.4, 0.5) is 0 Å². The van der Waals surface area contributed by atoms with Gasteiger partial charge in [-0.3, -0.25) is 24.0 Å². The predicted molar refractivity (Wildman–Crippen MR) is 187 cm³/mol. The normalized spacial score (nSPS) is 20.7. The summed E-state index contributed by atoms with van der Waals surface area (Å²) in [6.07, 6.45) is 3.92. The second-order valence-corrected chi connectivity index (χ2v) is 14.4. The van der Waals surface area contributed by atoms with E-state index >= 15 is 0 Å². The first-order valence-corrected chi connectivity index (χ1v) is 18.3. The van der Waals surface area contributed by atoms with Gasteiger partial charge in [0.2, 0.25) is 17.7 Å². The number of primary amides is 1. The molecule has 2 aliphatic rings. The number of hydrogen-bond donors (Lipinski definition) is 6. The second kappa shape index (κ2) is 20.0. The number of benzene rings is 1. The minimum atomic E-state index is -1.92. The number of nitrogens with one attached hydrogen (secondary N) is 3. The molecule has 7 N–H and O–H groups in total. The third-order valence-corrected chi connectivity index (χ3v) is 9.58. The molecular formula is C37H56N4O10. The van der Waals surface area contributed by atoms with Gasteiger partial charge in [-0.1, -0.05) is 84.8 Å². The number of fused-ring (bicyclic) bond motifs is 1. The highest BCUT2D eigenvalue weighted by atomic mass is 16.6. The third kappa shape index (κ3) is 12.8. The van der Waals surface area contributed by atoms with Crippen LogP contribution in [0, 0.1) is 11.8 Å². The molecule has 1 aromatic carbocycles. The number of phenols is 1. The van der Waals surface area contributed by atoms with E-state index in [2.05, 4.69) is 29.8 Å². The molecule has 51 heavy (non-hydrogen) atoms. The molecule has 3 rings (SSSR count). The molecular weight excluding hydrogens is 660 g/mol. The van der Waals surface area contributed by atoms with Crippen molar-refractivity contribution in [3.8, 4) is 5.75 Å². The van der Waals surface area contributed by atoms with Crippen molar-refractivity contribution in [2.45, 2.75) is 148 Å². The molecule has 0 unspecified atom stereocenters. The van der Waals surface area contributed by atoms with Gasteiger partial charge < -0.3 is 41.4 Å². The van der Waals surface area contributed by atoms with Gasteiger partial charge >= 0.3 is 11.9 Å². The number of carbonyl (C=O) groups excluding carboxylic acids is 6. The molecule has 0 spiro atoms. The summed E-state index contributed by atoms with van der Waals surface area (Å²) in [5.41, 5.74) is 5.97. The van der Waals surface area contributed by atoms with Gasteiger partial charge in [-0.2, -0.15) is 0 Å². The fraction of sp³-hybridized carbons (Fsp3) is 0.676. The van der Waals surface area contributed by atoms with Crippen LogP contribution >= 0.6 is 0 Å². The minimum Gasteiger partial charge on any atom is -0.507 e. The summed E-state index contributed by atoms with van der Waals surface area (Å²) in [7, 11) is 0. The zero-order valence-electron chi connectivity index (χ0n) is 30.3. The highest BCUT2D eigenvalue weighted by molar-refractivity contribution is 5.95. The van der Waals surface area contributed by atoms with E-state index in [-0.39, 0.29) is 36.5 Å². The van der Waals surface area contributed by atoms with E-state index < -0.39 is 78.4 Å². The fourth-order valence-corrected chi connectivity index (χ4v) is 6.55. The van der Waals surface area contributed by atoms with Gasteiger partial charge in [-0.15, -0.1) is 0 Å². The molecule has 0 radical (unpaired) electrons. The molecule has 4 amide bonds. The van der Waals surface area contributed by atoms with Crippen molar-refractivity contribution in [2.75, 3.05) is 0 Å². The fourth-order valence-electron chi connectivity index (χ4n) is 6.55. The lowest BCUT2D eigenvalue weighted by Crippen LogP contribution is -2.57. The van der Waals surface area contributed by atoms with Crippen LogP contribution in [0.1, 0.15) is 121 Å². The minimum absolute atomic E-state index is 0.0368. The van der Waals surface area contributed by atoms with Crippen molar-refractivity contribution < 1.29 is 48.5 Å². The van der Waals surface area contributed by atoms with Gasteiger partial charge in [0.15, 0.2) is 12.2 Å². The highest BCUT2D eigenvalue weighted by Crippen LogP contribution is 2.30. The number of amides is 4. The van der Waals surface area contributed by atoms with E-state index in [1.807, 2.05) is 13.8 Å². The Morgan fingerprint density at radius 3 is 2.29 bits per heavy atom. The third-order valence-electron chi connectivity index (χ3n) is 9.58. The maximum Gasteiger partial charge on any atom is 0.342 e. The highest BCUT2D eigenvalue weighted by Gasteiger charge is 2.45. The first kappa shape index (κ1) is 41.2. The second-order valence-electron chi connectivity index (χ2n) is 14.4. The molecule has 0 saturated carbocycles. The van der Waals surface area contributed by atoms with Crippen LogP contribution < -0.4 is 21.7 Å². The SMILES string of the molecule is CC[C@@H](C)CCCCCCCCC(=O)N[C@@H](CC(N)=O)C(=O)N[C@H]1CC(=O)O[C@@H]1[C@H](O)C(=O)N[C@@H](CC(C)C)[C@@H]1Cc2cccc(O)c2C(=O)O1. The molecule has 1 aromatic rings. The number of cyclic esters (lactones) is 2. The number of nitrogens with two attached hydrogens (primary N) is 1. The Bertz CT molecular complexity index is 1380. The van der Waals surface area contributed by atoms with Crippen LogP contribution in [0.25, 0.3) is 0 Å². The zero-order chi connectivity index (χ0) is 37.7. The van der Waals surface area contributed by atoms with E-state index in [0.29, 0.717) is 18.4 Å². The van der Waals surface area contributed by atoms with E-state index in [1.54, 1.807) is 12.1 Å². The number of rotatable bonds is 21. The largest absolute Gasteiger partial charge is 0.507 e. The Morgan fingerprint density at radius 1 is 0.941 bits per heavy atom. The summed E-state index contributed by atoms with van der Waals surface area (Å²) in [6, 6.07) is 1.42. The maximum atomic E-state index is 13.4. The Morgan fingerprint density at radius 2 is 1.63 bits per heavy atom.